The second-order valence-electron chi connectivity index (χ2n) is 5.36. The molecule has 0 amide bonds. The Kier molecular flexibility index (Phi) is 4.39. The number of hydrogen-bond acceptors (Lipinski definition) is 3. The van der Waals surface area contributed by atoms with E-state index in [9.17, 15) is 4.79 Å². The summed E-state index contributed by atoms with van der Waals surface area (Å²) in [5.41, 5.74) is 2.62. The number of aromatic nitrogens is 2. The summed E-state index contributed by atoms with van der Waals surface area (Å²) in [4.78, 5) is 15.3. The van der Waals surface area contributed by atoms with Gasteiger partial charge in [-0.15, -0.1) is 0 Å². The number of imidazole rings is 1. The molecular formula is C15H20N2O3. The van der Waals surface area contributed by atoms with Gasteiger partial charge in [-0.1, -0.05) is 19.9 Å². The van der Waals surface area contributed by atoms with Crippen LogP contribution in [0.1, 0.15) is 25.2 Å². The molecule has 0 radical (unpaired) electrons. The molecule has 0 bridgehead atoms. The van der Waals surface area contributed by atoms with Crippen molar-refractivity contribution in [2.45, 2.75) is 33.4 Å². The predicted molar refractivity (Wildman–Crippen MR) is 76.6 cm³/mol. The minimum Gasteiger partial charge on any atom is -0.481 e. The Hall–Kier alpha value is -1.88. The van der Waals surface area contributed by atoms with Crippen LogP contribution < -0.4 is 0 Å². The Balaban J connectivity index is 2.46. The predicted octanol–water partition coefficient (Wildman–Crippen LogP) is 2.47. The number of carboxylic acids is 1. The molecule has 0 aliphatic carbocycles. The van der Waals surface area contributed by atoms with Gasteiger partial charge in [0.2, 0.25) is 0 Å². The van der Waals surface area contributed by atoms with E-state index in [1.54, 1.807) is 7.11 Å². The quantitative estimate of drug-likeness (QED) is 0.880. The normalized spacial score (nSPS) is 11.4. The van der Waals surface area contributed by atoms with Crippen molar-refractivity contribution in [2.24, 2.45) is 5.92 Å². The third kappa shape index (κ3) is 3.17. The highest BCUT2D eigenvalue weighted by Gasteiger charge is 2.13. The van der Waals surface area contributed by atoms with Crippen molar-refractivity contribution in [1.82, 2.24) is 9.55 Å². The number of hydrogen-bond donors (Lipinski definition) is 1. The van der Waals surface area contributed by atoms with Gasteiger partial charge in [0.15, 0.2) is 0 Å². The third-order valence-electron chi connectivity index (χ3n) is 3.07. The lowest BCUT2D eigenvalue weighted by Crippen LogP contribution is -2.09. The molecular weight excluding hydrogens is 256 g/mol. The Morgan fingerprint density at radius 3 is 2.80 bits per heavy atom. The van der Waals surface area contributed by atoms with Crippen molar-refractivity contribution in [1.29, 1.82) is 0 Å². The topological polar surface area (TPSA) is 64.3 Å². The Morgan fingerprint density at radius 2 is 2.20 bits per heavy atom. The van der Waals surface area contributed by atoms with Gasteiger partial charge in [0.25, 0.3) is 0 Å². The summed E-state index contributed by atoms with van der Waals surface area (Å²) < 4.78 is 7.34. The van der Waals surface area contributed by atoms with Crippen LogP contribution in [0.25, 0.3) is 11.0 Å². The zero-order chi connectivity index (χ0) is 14.7. The highest BCUT2D eigenvalue weighted by molar-refractivity contribution is 5.79. The van der Waals surface area contributed by atoms with E-state index in [1.807, 2.05) is 18.2 Å². The van der Waals surface area contributed by atoms with Gasteiger partial charge in [-0.25, -0.2) is 4.98 Å². The molecule has 0 fully saturated rings. The summed E-state index contributed by atoms with van der Waals surface area (Å²) in [6.45, 7) is 5.63. The molecule has 0 saturated heterocycles. The molecule has 1 aromatic heterocycles. The second kappa shape index (κ2) is 6.05. The average molecular weight is 276 g/mol. The SMILES string of the molecule is COCc1nc2cc(CC(=O)O)ccc2n1CC(C)C. The Bertz CT molecular complexity index is 617. The molecule has 0 spiro atoms. The molecule has 1 aromatic carbocycles. The highest BCUT2D eigenvalue weighted by atomic mass is 16.5. The monoisotopic (exact) mass is 276 g/mol. The van der Waals surface area contributed by atoms with Crippen molar-refractivity contribution >= 4 is 17.0 Å². The van der Waals surface area contributed by atoms with E-state index in [2.05, 4.69) is 23.4 Å². The molecule has 0 unspecified atom stereocenters. The summed E-state index contributed by atoms with van der Waals surface area (Å²) >= 11 is 0. The first-order chi connectivity index (χ1) is 9.51. The Morgan fingerprint density at radius 1 is 1.45 bits per heavy atom. The second-order valence-corrected chi connectivity index (χ2v) is 5.36. The number of methoxy groups -OCH3 is 1. The van der Waals surface area contributed by atoms with E-state index in [0.29, 0.717) is 12.5 Å². The lowest BCUT2D eigenvalue weighted by Gasteiger charge is -2.11. The molecule has 1 N–H and O–H groups in total. The molecule has 0 aliphatic rings. The summed E-state index contributed by atoms with van der Waals surface area (Å²) in [6, 6.07) is 5.65. The van der Waals surface area contributed by atoms with Crippen LogP contribution in [0.2, 0.25) is 0 Å². The highest BCUT2D eigenvalue weighted by Crippen LogP contribution is 2.20. The minimum atomic E-state index is -0.830. The maximum absolute atomic E-state index is 10.8. The summed E-state index contributed by atoms with van der Waals surface area (Å²) in [7, 11) is 1.65. The van der Waals surface area contributed by atoms with Crippen molar-refractivity contribution in [2.75, 3.05) is 7.11 Å². The first-order valence-electron chi connectivity index (χ1n) is 6.70. The van der Waals surface area contributed by atoms with Crippen LogP contribution in [0, 0.1) is 5.92 Å². The number of rotatable bonds is 6. The van der Waals surface area contributed by atoms with Crippen molar-refractivity contribution < 1.29 is 14.6 Å². The van der Waals surface area contributed by atoms with Gasteiger partial charge in [0, 0.05) is 13.7 Å². The zero-order valence-corrected chi connectivity index (χ0v) is 12.1. The van der Waals surface area contributed by atoms with Gasteiger partial charge < -0.3 is 14.4 Å². The molecule has 5 nitrogen and oxygen atoms in total. The lowest BCUT2D eigenvalue weighted by atomic mass is 10.1. The average Bonchev–Trinajstić information content (AvgIpc) is 2.66. The summed E-state index contributed by atoms with van der Waals surface area (Å²) in [6.07, 6.45) is 0.0204. The molecule has 108 valence electrons. The fourth-order valence-corrected chi connectivity index (χ4v) is 2.32. The summed E-state index contributed by atoms with van der Waals surface area (Å²) in [5.74, 6) is 0.549. The summed E-state index contributed by atoms with van der Waals surface area (Å²) in [5, 5.41) is 8.86. The molecule has 2 rings (SSSR count). The van der Waals surface area contributed by atoms with E-state index < -0.39 is 5.97 Å². The number of carbonyl (C=O) groups is 1. The molecule has 0 atom stereocenters. The molecule has 1 heterocycles. The largest absolute Gasteiger partial charge is 0.481 e. The van der Waals surface area contributed by atoms with Crippen LogP contribution >= 0.6 is 0 Å². The maximum Gasteiger partial charge on any atom is 0.307 e. The van der Waals surface area contributed by atoms with Gasteiger partial charge in [-0.3, -0.25) is 4.79 Å². The fraction of sp³-hybridized carbons (Fsp3) is 0.467. The molecule has 2 aromatic rings. The van der Waals surface area contributed by atoms with Crippen molar-refractivity contribution in [3.63, 3.8) is 0 Å². The first kappa shape index (κ1) is 14.5. The molecule has 0 aliphatic heterocycles. The lowest BCUT2D eigenvalue weighted by molar-refractivity contribution is -0.136. The van der Waals surface area contributed by atoms with Gasteiger partial charge in [0.1, 0.15) is 12.4 Å². The molecule has 5 heteroatoms. The number of carboxylic acid groups (broad SMARTS) is 1. The van der Waals surface area contributed by atoms with Crippen molar-refractivity contribution in [3.8, 4) is 0 Å². The number of nitrogens with zero attached hydrogens (tertiary/aromatic N) is 2. The molecule has 0 saturated carbocycles. The fourth-order valence-electron chi connectivity index (χ4n) is 2.32. The van der Waals surface area contributed by atoms with Crippen LogP contribution in [-0.4, -0.2) is 27.7 Å². The van der Waals surface area contributed by atoms with Gasteiger partial charge in [0.05, 0.1) is 17.5 Å². The Labute approximate surface area is 118 Å². The maximum atomic E-state index is 10.8. The van der Waals surface area contributed by atoms with E-state index in [-0.39, 0.29) is 6.42 Å². The number of ether oxygens (including phenoxy) is 1. The zero-order valence-electron chi connectivity index (χ0n) is 12.1. The van der Waals surface area contributed by atoms with Crippen LogP contribution in [0.5, 0.6) is 0 Å². The van der Waals surface area contributed by atoms with E-state index in [4.69, 9.17) is 9.84 Å². The smallest absolute Gasteiger partial charge is 0.307 e. The molecule has 20 heavy (non-hydrogen) atoms. The minimum absolute atomic E-state index is 0.0204. The van der Waals surface area contributed by atoms with E-state index in [0.717, 1.165) is 29.0 Å². The van der Waals surface area contributed by atoms with Crippen LogP contribution in [0.15, 0.2) is 18.2 Å². The first-order valence-corrected chi connectivity index (χ1v) is 6.70. The van der Waals surface area contributed by atoms with E-state index in [1.165, 1.54) is 0 Å². The van der Waals surface area contributed by atoms with Gasteiger partial charge in [-0.2, -0.15) is 0 Å². The van der Waals surface area contributed by atoms with Gasteiger partial charge in [-0.05, 0) is 23.6 Å². The van der Waals surface area contributed by atoms with Crippen LogP contribution in [0.3, 0.4) is 0 Å². The number of aliphatic carboxylic acids is 1. The third-order valence-corrected chi connectivity index (χ3v) is 3.07. The van der Waals surface area contributed by atoms with Crippen molar-refractivity contribution in [3.05, 3.63) is 29.6 Å². The van der Waals surface area contributed by atoms with Crippen LogP contribution in [0.4, 0.5) is 0 Å². The number of fused-ring (bicyclic) bond motifs is 1. The number of benzene rings is 1. The van der Waals surface area contributed by atoms with Crippen LogP contribution in [-0.2, 0) is 29.1 Å². The standard InChI is InChI=1S/C15H20N2O3/c1-10(2)8-17-13-5-4-11(7-15(18)19)6-12(13)16-14(17)9-20-3/h4-6,10H,7-9H2,1-3H3,(H,18,19). The van der Waals surface area contributed by atoms with Gasteiger partial charge >= 0.3 is 5.97 Å². The van der Waals surface area contributed by atoms with E-state index >= 15 is 0 Å².